The van der Waals surface area contributed by atoms with Crippen molar-refractivity contribution in [2.45, 2.75) is 57.7 Å². The Balaban J connectivity index is 1.29. The van der Waals surface area contributed by atoms with E-state index in [4.69, 9.17) is 14.1 Å². The molecule has 1 atom stereocenters. The van der Waals surface area contributed by atoms with Gasteiger partial charge in [0.05, 0.1) is 18.9 Å². The Morgan fingerprint density at radius 2 is 1.84 bits per heavy atom. The number of nitrogens with zero attached hydrogens (tertiary/aromatic N) is 2. The van der Waals surface area contributed by atoms with Crippen LogP contribution in [-0.4, -0.2) is 49.7 Å². The smallest absolute Gasteiger partial charge is 0.191 e. The van der Waals surface area contributed by atoms with Gasteiger partial charge in [-0.15, -0.1) is 0 Å². The highest BCUT2D eigenvalue weighted by atomic mass is 16.5. The van der Waals surface area contributed by atoms with Crippen LogP contribution in [0.2, 0.25) is 0 Å². The van der Waals surface area contributed by atoms with E-state index in [0.29, 0.717) is 6.54 Å². The number of hydrogen-bond acceptors (Lipinski definition) is 4. The van der Waals surface area contributed by atoms with E-state index in [9.17, 15) is 0 Å². The number of guanidine groups is 1. The summed E-state index contributed by atoms with van der Waals surface area (Å²) in [6, 6.07) is 12.8. The summed E-state index contributed by atoms with van der Waals surface area (Å²) in [5.41, 5.74) is 2.62. The molecule has 2 fully saturated rings. The number of benzene rings is 1. The van der Waals surface area contributed by atoms with Crippen LogP contribution >= 0.6 is 0 Å². The summed E-state index contributed by atoms with van der Waals surface area (Å²) in [6.07, 6.45) is 9.03. The quantitative estimate of drug-likeness (QED) is 0.475. The average Bonchev–Trinajstić information content (AvgIpc) is 3.51. The van der Waals surface area contributed by atoms with E-state index in [1.807, 2.05) is 12.1 Å². The van der Waals surface area contributed by atoms with Crippen LogP contribution < -0.4 is 10.6 Å². The van der Waals surface area contributed by atoms with E-state index in [-0.39, 0.29) is 6.10 Å². The Labute approximate surface area is 186 Å². The Hall–Kier alpha value is -2.31. The number of hydrogen-bond donors (Lipinski definition) is 2. The fourth-order valence-corrected chi connectivity index (χ4v) is 4.23. The molecule has 6 heteroatoms. The SMILES string of the molecule is c1coc(CCNC(=NCc2ccc(CN3CCCC3)cc2)NCC2CCCCO2)c1. The maximum absolute atomic E-state index is 5.86. The van der Waals surface area contributed by atoms with Crippen LogP contribution in [0.15, 0.2) is 52.1 Å². The van der Waals surface area contributed by atoms with Crippen LogP contribution in [0.25, 0.3) is 0 Å². The molecule has 2 N–H and O–H groups in total. The third-order valence-corrected chi connectivity index (χ3v) is 6.06. The minimum absolute atomic E-state index is 0.274. The first kappa shape index (κ1) is 21.9. The van der Waals surface area contributed by atoms with Crippen molar-refractivity contribution in [3.8, 4) is 0 Å². The molecular formula is C25H36N4O2. The van der Waals surface area contributed by atoms with Gasteiger partial charge in [0.25, 0.3) is 0 Å². The second-order valence-corrected chi connectivity index (χ2v) is 8.59. The van der Waals surface area contributed by atoms with Gasteiger partial charge in [-0.2, -0.15) is 0 Å². The molecule has 2 aromatic rings. The molecule has 2 aliphatic rings. The minimum atomic E-state index is 0.274. The minimum Gasteiger partial charge on any atom is -0.469 e. The molecular weight excluding hydrogens is 388 g/mol. The van der Waals surface area contributed by atoms with Crippen molar-refractivity contribution in [2.75, 3.05) is 32.8 Å². The van der Waals surface area contributed by atoms with E-state index in [1.54, 1.807) is 6.26 Å². The lowest BCUT2D eigenvalue weighted by atomic mass is 10.1. The number of rotatable bonds is 9. The second kappa shape index (κ2) is 11.9. The topological polar surface area (TPSA) is 62.0 Å². The highest BCUT2D eigenvalue weighted by Gasteiger charge is 2.14. The van der Waals surface area contributed by atoms with Gasteiger partial charge in [0.2, 0.25) is 0 Å². The van der Waals surface area contributed by atoms with E-state index in [1.165, 1.54) is 49.9 Å². The van der Waals surface area contributed by atoms with Gasteiger partial charge in [0, 0.05) is 32.7 Å². The zero-order valence-electron chi connectivity index (χ0n) is 18.5. The zero-order chi connectivity index (χ0) is 21.1. The molecule has 1 aromatic carbocycles. The highest BCUT2D eigenvalue weighted by molar-refractivity contribution is 5.79. The predicted octanol–water partition coefficient (Wildman–Crippen LogP) is 3.72. The first-order chi connectivity index (χ1) is 15.3. The Kier molecular flexibility index (Phi) is 8.42. The number of ether oxygens (including phenoxy) is 1. The Morgan fingerprint density at radius 1 is 1.00 bits per heavy atom. The number of furan rings is 1. The molecule has 2 aliphatic heterocycles. The van der Waals surface area contributed by atoms with Crippen molar-refractivity contribution in [3.63, 3.8) is 0 Å². The van der Waals surface area contributed by atoms with Crippen LogP contribution in [0.1, 0.15) is 49.0 Å². The molecule has 2 saturated heterocycles. The monoisotopic (exact) mass is 424 g/mol. The molecule has 168 valence electrons. The molecule has 31 heavy (non-hydrogen) atoms. The first-order valence-corrected chi connectivity index (χ1v) is 11.8. The summed E-state index contributed by atoms with van der Waals surface area (Å²) in [7, 11) is 0. The Morgan fingerprint density at radius 3 is 2.58 bits per heavy atom. The van der Waals surface area contributed by atoms with Gasteiger partial charge in [-0.1, -0.05) is 24.3 Å². The summed E-state index contributed by atoms with van der Waals surface area (Å²) in [5.74, 6) is 1.82. The summed E-state index contributed by atoms with van der Waals surface area (Å²) in [5, 5.41) is 6.92. The summed E-state index contributed by atoms with van der Waals surface area (Å²) < 4.78 is 11.3. The molecule has 3 heterocycles. The average molecular weight is 425 g/mol. The molecule has 1 aromatic heterocycles. The van der Waals surface area contributed by atoms with E-state index >= 15 is 0 Å². The van der Waals surface area contributed by atoms with Gasteiger partial charge >= 0.3 is 0 Å². The predicted molar refractivity (Wildman–Crippen MR) is 124 cm³/mol. The van der Waals surface area contributed by atoms with Gasteiger partial charge in [-0.3, -0.25) is 4.90 Å². The Bertz CT molecular complexity index is 776. The van der Waals surface area contributed by atoms with Gasteiger partial charge in [0.1, 0.15) is 5.76 Å². The summed E-state index contributed by atoms with van der Waals surface area (Å²) >= 11 is 0. The lowest BCUT2D eigenvalue weighted by molar-refractivity contribution is 0.0194. The van der Waals surface area contributed by atoms with Crippen molar-refractivity contribution >= 4 is 5.96 Å². The summed E-state index contributed by atoms with van der Waals surface area (Å²) in [6.45, 7) is 6.62. The second-order valence-electron chi connectivity index (χ2n) is 8.59. The van der Waals surface area contributed by atoms with Crippen molar-refractivity contribution in [1.82, 2.24) is 15.5 Å². The molecule has 0 aliphatic carbocycles. The van der Waals surface area contributed by atoms with E-state index in [0.717, 1.165) is 50.8 Å². The van der Waals surface area contributed by atoms with Crippen LogP contribution in [0.5, 0.6) is 0 Å². The van der Waals surface area contributed by atoms with Gasteiger partial charge < -0.3 is 19.8 Å². The molecule has 4 rings (SSSR count). The van der Waals surface area contributed by atoms with Crippen LogP contribution in [-0.2, 0) is 24.2 Å². The van der Waals surface area contributed by atoms with Crippen LogP contribution in [0.3, 0.4) is 0 Å². The van der Waals surface area contributed by atoms with Gasteiger partial charge in [-0.05, 0) is 68.5 Å². The van der Waals surface area contributed by atoms with Crippen molar-refractivity contribution in [1.29, 1.82) is 0 Å². The zero-order valence-corrected chi connectivity index (χ0v) is 18.5. The largest absolute Gasteiger partial charge is 0.469 e. The molecule has 6 nitrogen and oxygen atoms in total. The van der Waals surface area contributed by atoms with Crippen LogP contribution in [0, 0.1) is 0 Å². The third-order valence-electron chi connectivity index (χ3n) is 6.06. The van der Waals surface area contributed by atoms with Crippen molar-refractivity contribution in [2.24, 2.45) is 4.99 Å². The van der Waals surface area contributed by atoms with E-state index < -0.39 is 0 Å². The maximum atomic E-state index is 5.86. The van der Waals surface area contributed by atoms with E-state index in [2.05, 4.69) is 39.8 Å². The molecule has 0 spiro atoms. The van der Waals surface area contributed by atoms with Gasteiger partial charge in [-0.25, -0.2) is 4.99 Å². The fraction of sp³-hybridized carbons (Fsp3) is 0.560. The first-order valence-electron chi connectivity index (χ1n) is 11.8. The molecule has 0 amide bonds. The van der Waals surface area contributed by atoms with Gasteiger partial charge in [0.15, 0.2) is 5.96 Å². The van der Waals surface area contributed by atoms with Crippen molar-refractivity contribution < 1.29 is 9.15 Å². The normalized spacial score (nSPS) is 20.1. The number of likely N-dealkylation sites (tertiary alicyclic amines) is 1. The summed E-state index contributed by atoms with van der Waals surface area (Å²) in [4.78, 5) is 7.36. The maximum Gasteiger partial charge on any atom is 0.191 e. The third kappa shape index (κ3) is 7.40. The standard InChI is InChI=1S/C25H36N4O2/c1-4-16-31-24(6-1)19-28-25(26-13-12-23-7-5-17-30-23)27-18-21-8-10-22(11-9-21)20-29-14-2-3-15-29/h5,7-11,17,24H,1-4,6,12-16,18-20H2,(H2,26,27,28). The van der Waals surface area contributed by atoms with Crippen LogP contribution in [0.4, 0.5) is 0 Å². The molecule has 1 unspecified atom stereocenters. The van der Waals surface area contributed by atoms with Crippen molar-refractivity contribution in [3.05, 3.63) is 59.5 Å². The molecule has 0 radical (unpaired) electrons. The molecule has 0 saturated carbocycles. The highest BCUT2D eigenvalue weighted by Crippen LogP contribution is 2.14. The fourth-order valence-electron chi connectivity index (χ4n) is 4.23. The number of aliphatic imine (C=N–C) groups is 1. The lowest BCUT2D eigenvalue weighted by Gasteiger charge is -2.23. The molecule has 0 bridgehead atoms. The number of nitrogens with one attached hydrogen (secondary N) is 2. The lowest BCUT2D eigenvalue weighted by Crippen LogP contribution is -2.43.